The zero-order chi connectivity index (χ0) is 13.0. The van der Waals surface area contributed by atoms with Crippen molar-refractivity contribution in [3.8, 4) is 0 Å². The minimum absolute atomic E-state index is 0.475. The molecule has 2 aromatic rings. The first-order valence-corrected chi connectivity index (χ1v) is 6.31. The Kier molecular flexibility index (Phi) is 4.28. The lowest BCUT2D eigenvalue weighted by Gasteiger charge is -2.02. The maximum absolute atomic E-state index is 5.87. The van der Waals surface area contributed by atoms with Crippen molar-refractivity contribution in [3.63, 3.8) is 0 Å². The molecule has 0 bridgehead atoms. The van der Waals surface area contributed by atoms with Crippen LogP contribution in [0.1, 0.15) is 19.0 Å². The van der Waals surface area contributed by atoms with E-state index in [9.17, 15) is 0 Å². The summed E-state index contributed by atoms with van der Waals surface area (Å²) in [5.41, 5.74) is 3.14. The van der Waals surface area contributed by atoms with Crippen LogP contribution in [-0.2, 0) is 0 Å². The van der Waals surface area contributed by atoms with Crippen molar-refractivity contribution in [2.45, 2.75) is 13.3 Å². The Labute approximate surface area is 112 Å². The van der Waals surface area contributed by atoms with Gasteiger partial charge in [0.15, 0.2) is 0 Å². The maximum atomic E-state index is 5.87. The number of hydrogen-bond donors (Lipinski definition) is 1. The van der Waals surface area contributed by atoms with Crippen LogP contribution >= 0.6 is 11.6 Å². The molecule has 0 fully saturated rings. The third kappa shape index (κ3) is 3.28. The average Bonchev–Trinajstić information content (AvgIpc) is 2.36. The van der Waals surface area contributed by atoms with Gasteiger partial charge in [-0.3, -0.25) is 0 Å². The van der Waals surface area contributed by atoms with E-state index in [2.05, 4.69) is 28.3 Å². The van der Waals surface area contributed by atoms with Crippen molar-refractivity contribution in [2.75, 3.05) is 13.6 Å². The van der Waals surface area contributed by atoms with Gasteiger partial charge < -0.3 is 5.32 Å². The molecule has 0 aromatic carbocycles. The Morgan fingerprint density at radius 1 is 1.44 bits per heavy atom. The lowest BCUT2D eigenvalue weighted by atomic mass is 10.1. The van der Waals surface area contributed by atoms with Crippen LogP contribution in [0.4, 0.5) is 0 Å². The van der Waals surface area contributed by atoms with Gasteiger partial charge in [-0.1, -0.05) is 17.2 Å². The molecule has 18 heavy (non-hydrogen) atoms. The highest BCUT2D eigenvalue weighted by atomic mass is 35.5. The number of nitrogens with zero attached hydrogens (tertiary/aromatic N) is 2. The van der Waals surface area contributed by atoms with E-state index in [1.54, 1.807) is 12.3 Å². The van der Waals surface area contributed by atoms with Crippen molar-refractivity contribution in [2.24, 2.45) is 0 Å². The van der Waals surface area contributed by atoms with E-state index in [1.165, 1.54) is 5.57 Å². The van der Waals surface area contributed by atoms with Gasteiger partial charge in [0, 0.05) is 17.6 Å². The van der Waals surface area contributed by atoms with Gasteiger partial charge in [0.25, 0.3) is 0 Å². The fraction of sp³-hybridized carbons (Fsp3) is 0.286. The first kappa shape index (κ1) is 13.0. The Bertz CT molecular complexity index is 578. The minimum atomic E-state index is 0.475. The third-order valence-corrected chi connectivity index (χ3v) is 2.93. The normalized spacial score (nSPS) is 12.1. The molecule has 0 radical (unpaired) electrons. The molecule has 0 aliphatic carbocycles. The number of fused-ring (bicyclic) bond motifs is 1. The van der Waals surface area contributed by atoms with Crippen LogP contribution in [0.2, 0.25) is 5.15 Å². The van der Waals surface area contributed by atoms with Gasteiger partial charge in [-0.15, -0.1) is 0 Å². The van der Waals surface area contributed by atoms with E-state index in [4.69, 9.17) is 11.6 Å². The van der Waals surface area contributed by atoms with Crippen LogP contribution in [0, 0.1) is 0 Å². The topological polar surface area (TPSA) is 37.8 Å². The number of pyridine rings is 2. The van der Waals surface area contributed by atoms with Crippen LogP contribution in [0.3, 0.4) is 0 Å². The van der Waals surface area contributed by atoms with Crippen LogP contribution in [-0.4, -0.2) is 23.6 Å². The summed E-state index contributed by atoms with van der Waals surface area (Å²) in [6, 6.07) is 5.81. The smallest absolute Gasteiger partial charge is 0.131 e. The fourth-order valence-corrected chi connectivity index (χ4v) is 1.89. The second-order valence-corrected chi connectivity index (χ2v) is 4.67. The van der Waals surface area contributed by atoms with E-state index in [0.29, 0.717) is 5.15 Å². The fourth-order valence-electron chi connectivity index (χ4n) is 1.73. The second kappa shape index (κ2) is 5.94. The first-order chi connectivity index (χ1) is 8.69. The Morgan fingerprint density at radius 3 is 3.06 bits per heavy atom. The monoisotopic (exact) mass is 261 g/mol. The summed E-state index contributed by atoms with van der Waals surface area (Å²) in [4.78, 5) is 8.60. The summed E-state index contributed by atoms with van der Waals surface area (Å²) < 4.78 is 0. The molecule has 0 unspecified atom stereocenters. The lowest BCUT2D eigenvalue weighted by Crippen LogP contribution is -2.07. The minimum Gasteiger partial charge on any atom is -0.319 e. The molecule has 0 aliphatic rings. The van der Waals surface area contributed by atoms with Gasteiger partial charge in [-0.25, -0.2) is 9.97 Å². The molecule has 2 aromatic heterocycles. The van der Waals surface area contributed by atoms with Crippen molar-refractivity contribution in [1.82, 2.24) is 15.3 Å². The van der Waals surface area contributed by atoms with E-state index in [-0.39, 0.29) is 0 Å². The second-order valence-electron chi connectivity index (χ2n) is 4.28. The van der Waals surface area contributed by atoms with Crippen LogP contribution in [0.5, 0.6) is 0 Å². The van der Waals surface area contributed by atoms with Gasteiger partial charge >= 0.3 is 0 Å². The Balaban J connectivity index is 2.29. The largest absolute Gasteiger partial charge is 0.319 e. The van der Waals surface area contributed by atoms with Crippen molar-refractivity contribution < 1.29 is 0 Å². The molecule has 2 rings (SSSR count). The zero-order valence-electron chi connectivity index (χ0n) is 10.6. The molecule has 94 valence electrons. The molecule has 2 heterocycles. The standard InChI is InChI=1S/C14H16ClN3/c1-10(5-6-16-2)7-12-4-3-11-9-17-14(15)8-13(11)18-12/h3-4,7-9,16H,5-6H2,1-2H3/b10-7-. The van der Waals surface area contributed by atoms with E-state index >= 15 is 0 Å². The lowest BCUT2D eigenvalue weighted by molar-refractivity contribution is 0.788. The molecule has 1 N–H and O–H groups in total. The molecule has 0 saturated heterocycles. The molecule has 0 spiro atoms. The number of hydrogen-bond acceptors (Lipinski definition) is 3. The van der Waals surface area contributed by atoms with Crippen LogP contribution in [0.25, 0.3) is 17.0 Å². The first-order valence-electron chi connectivity index (χ1n) is 5.93. The van der Waals surface area contributed by atoms with Gasteiger partial charge in [0.05, 0.1) is 11.2 Å². The number of aromatic nitrogens is 2. The summed E-state index contributed by atoms with van der Waals surface area (Å²) in [6.45, 7) is 3.09. The average molecular weight is 262 g/mol. The summed E-state index contributed by atoms with van der Waals surface area (Å²) in [5.74, 6) is 0. The number of halogens is 1. The van der Waals surface area contributed by atoms with E-state index in [0.717, 1.165) is 29.6 Å². The van der Waals surface area contributed by atoms with Gasteiger partial charge in [0.1, 0.15) is 5.15 Å². The highest BCUT2D eigenvalue weighted by molar-refractivity contribution is 6.29. The van der Waals surface area contributed by atoms with E-state index < -0.39 is 0 Å². The van der Waals surface area contributed by atoms with E-state index in [1.807, 2.05) is 19.2 Å². The quantitative estimate of drug-likeness (QED) is 0.859. The molecule has 3 nitrogen and oxygen atoms in total. The van der Waals surface area contributed by atoms with Crippen LogP contribution < -0.4 is 5.32 Å². The summed E-state index contributed by atoms with van der Waals surface area (Å²) in [6.07, 6.45) is 4.87. The molecule has 4 heteroatoms. The highest BCUT2D eigenvalue weighted by Crippen LogP contribution is 2.17. The summed E-state index contributed by atoms with van der Waals surface area (Å²) in [7, 11) is 1.95. The van der Waals surface area contributed by atoms with Crippen LogP contribution in [0.15, 0.2) is 30.0 Å². The predicted molar refractivity (Wildman–Crippen MR) is 76.7 cm³/mol. The Hall–Kier alpha value is -1.45. The SMILES string of the molecule is CNCC/C(C)=C\c1ccc2cnc(Cl)cc2n1. The molecular weight excluding hydrogens is 246 g/mol. The molecule has 0 saturated carbocycles. The zero-order valence-corrected chi connectivity index (χ0v) is 11.3. The maximum Gasteiger partial charge on any atom is 0.131 e. The predicted octanol–water partition coefficient (Wildman–Crippen LogP) is 3.30. The van der Waals surface area contributed by atoms with Gasteiger partial charge in [0.2, 0.25) is 0 Å². The van der Waals surface area contributed by atoms with Gasteiger partial charge in [-0.2, -0.15) is 0 Å². The van der Waals surface area contributed by atoms with Crippen molar-refractivity contribution >= 4 is 28.6 Å². The molecule has 0 amide bonds. The van der Waals surface area contributed by atoms with Crippen molar-refractivity contribution in [1.29, 1.82) is 0 Å². The molecule has 0 atom stereocenters. The number of rotatable bonds is 4. The summed E-state index contributed by atoms with van der Waals surface area (Å²) in [5, 5.41) is 4.61. The van der Waals surface area contributed by atoms with Gasteiger partial charge in [-0.05, 0) is 45.1 Å². The Morgan fingerprint density at radius 2 is 2.28 bits per heavy atom. The molecule has 0 aliphatic heterocycles. The summed E-state index contributed by atoms with van der Waals surface area (Å²) >= 11 is 5.87. The molecular formula is C14H16ClN3. The number of nitrogens with one attached hydrogen (secondary N) is 1. The highest BCUT2D eigenvalue weighted by Gasteiger charge is 1.99. The third-order valence-electron chi connectivity index (χ3n) is 2.73. The van der Waals surface area contributed by atoms with Crippen molar-refractivity contribution in [3.05, 3.63) is 40.8 Å².